The van der Waals surface area contributed by atoms with Gasteiger partial charge in [-0.25, -0.2) is 0 Å². The Morgan fingerprint density at radius 3 is 3.00 bits per heavy atom. The van der Waals surface area contributed by atoms with Crippen molar-refractivity contribution in [3.05, 3.63) is 46.4 Å². The van der Waals surface area contributed by atoms with E-state index >= 15 is 0 Å². The van der Waals surface area contributed by atoms with Crippen LogP contribution in [-0.4, -0.2) is 4.57 Å². The fourth-order valence-corrected chi connectivity index (χ4v) is 2.92. The van der Waals surface area contributed by atoms with Crippen molar-refractivity contribution < 1.29 is 0 Å². The molecule has 2 aromatic heterocycles. The van der Waals surface area contributed by atoms with Crippen LogP contribution in [-0.2, 0) is 13.0 Å². The van der Waals surface area contributed by atoms with Gasteiger partial charge in [-0.2, -0.15) is 0 Å². The summed E-state index contributed by atoms with van der Waals surface area (Å²) >= 11 is 1.83. The number of aromatic nitrogens is 1. The van der Waals surface area contributed by atoms with Gasteiger partial charge in [-0.05, 0) is 48.3 Å². The Kier molecular flexibility index (Phi) is 3.04. The first-order valence-electron chi connectivity index (χ1n) is 6.26. The van der Waals surface area contributed by atoms with E-state index in [1.54, 1.807) is 0 Å². The van der Waals surface area contributed by atoms with Crippen LogP contribution in [0.4, 0.5) is 0 Å². The second-order valence-corrected chi connectivity index (χ2v) is 5.91. The minimum atomic E-state index is 0.262. The maximum atomic E-state index is 6.19. The number of nitrogens with two attached hydrogens (primary N) is 1. The normalized spacial score (nSPS) is 17.2. The molecule has 3 rings (SSSR count). The molecule has 2 aromatic rings. The Balaban J connectivity index is 1.60. The zero-order valence-electron chi connectivity index (χ0n) is 9.88. The molecule has 1 atom stereocenters. The second kappa shape index (κ2) is 4.67. The molecule has 0 bridgehead atoms. The molecule has 1 unspecified atom stereocenters. The summed E-state index contributed by atoms with van der Waals surface area (Å²) in [5.41, 5.74) is 7.50. The highest BCUT2D eigenvalue weighted by Gasteiger charge is 2.29. The second-order valence-electron chi connectivity index (χ2n) is 4.88. The fourth-order valence-electron chi connectivity index (χ4n) is 2.22. The highest BCUT2D eigenvalue weighted by atomic mass is 32.1. The van der Waals surface area contributed by atoms with Gasteiger partial charge in [0.15, 0.2) is 0 Å². The summed E-state index contributed by atoms with van der Waals surface area (Å²) < 4.78 is 2.26. The van der Waals surface area contributed by atoms with Gasteiger partial charge in [-0.3, -0.25) is 0 Å². The first-order valence-corrected chi connectivity index (χ1v) is 7.14. The van der Waals surface area contributed by atoms with Gasteiger partial charge in [0.25, 0.3) is 0 Å². The molecule has 0 spiro atoms. The standard InChI is InChI=1S/C14H18N2S/c15-14(11-3-4-11)12-5-7-16(10-12)8-6-13-2-1-9-17-13/h1-2,5,7,9-11,14H,3-4,6,8,15H2. The van der Waals surface area contributed by atoms with E-state index in [2.05, 4.69) is 40.5 Å². The highest BCUT2D eigenvalue weighted by Crippen LogP contribution is 2.39. The number of hydrogen-bond acceptors (Lipinski definition) is 2. The summed E-state index contributed by atoms with van der Waals surface area (Å²) in [6.45, 7) is 1.05. The molecule has 1 aliphatic carbocycles. The third-order valence-corrected chi connectivity index (χ3v) is 4.42. The van der Waals surface area contributed by atoms with Gasteiger partial charge in [0.1, 0.15) is 0 Å². The van der Waals surface area contributed by atoms with Crippen LogP contribution in [0, 0.1) is 5.92 Å². The quantitative estimate of drug-likeness (QED) is 0.863. The maximum absolute atomic E-state index is 6.19. The van der Waals surface area contributed by atoms with Crippen molar-refractivity contribution in [3.63, 3.8) is 0 Å². The summed E-state index contributed by atoms with van der Waals surface area (Å²) in [6, 6.07) is 6.75. The molecule has 0 amide bonds. The van der Waals surface area contributed by atoms with Crippen LogP contribution in [0.5, 0.6) is 0 Å². The molecule has 17 heavy (non-hydrogen) atoms. The zero-order valence-corrected chi connectivity index (χ0v) is 10.7. The van der Waals surface area contributed by atoms with Crippen LogP contribution < -0.4 is 5.73 Å². The zero-order chi connectivity index (χ0) is 11.7. The van der Waals surface area contributed by atoms with Gasteiger partial charge in [-0.15, -0.1) is 11.3 Å². The largest absolute Gasteiger partial charge is 0.354 e. The topological polar surface area (TPSA) is 30.9 Å². The lowest BCUT2D eigenvalue weighted by atomic mass is 10.1. The average molecular weight is 246 g/mol. The fraction of sp³-hybridized carbons (Fsp3) is 0.429. The van der Waals surface area contributed by atoms with E-state index in [0.717, 1.165) is 18.9 Å². The summed E-state index contributed by atoms with van der Waals surface area (Å²) in [5.74, 6) is 0.739. The van der Waals surface area contributed by atoms with Crippen molar-refractivity contribution in [2.75, 3.05) is 0 Å². The molecule has 3 heteroatoms. The molecular formula is C14H18N2S. The van der Waals surface area contributed by atoms with Gasteiger partial charge >= 0.3 is 0 Å². The first kappa shape index (κ1) is 11.1. The lowest BCUT2D eigenvalue weighted by Gasteiger charge is -2.07. The van der Waals surface area contributed by atoms with Gasteiger partial charge in [0.05, 0.1) is 0 Å². The van der Waals surface area contributed by atoms with Crippen molar-refractivity contribution in [3.8, 4) is 0 Å². The van der Waals surface area contributed by atoms with Crippen LogP contribution in [0.15, 0.2) is 36.0 Å². The van der Waals surface area contributed by atoms with E-state index in [-0.39, 0.29) is 6.04 Å². The van der Waals surface area contributed by atoms with E-state index in [0.29, 0.717) is 0 Å². The average Bonchev–Trinajstić information content (AvgIpc) is 2.88. The van der Waals surface area contributed by atoms with Gasteiger partial charge in [0.2, 0.25) is 0 Å². The third-order valence-electron chi connectivity index (χ3n) is 3.48. The summed E-state index contributed by atoms with van der Waals surface area (Å²) in [6.07, 6.45) is 8.11. The minimum absolute atomic E-state index is 0.262. The predicted molar refractivity (Wildman–Crippen MR) is 72.1 cm³/mol. The van der Waals surface area contributed by atoms with E-state index < -0.39 is 0 Å². The lowest BCUT2D eigenvalue weighted by molar-refractivity contribution is 0.627. The first-order chi connectivity index (χ1) is 8.33. The summed E-state index contributed by atoms with van der Waals surface area (Å²) in [5, 5.41) is 2.14. The number of rotatable bonds is 5. The van der Waals surface area contributed by atoms with Gasteiger partial charge < -0.3 is 10.3 Å². The number of nitrogens with zero attached hydrogens (tertiary/aromatic N) is 1. The molecular weight excluding hydrogens is 228 g/mol. The monoisotopic (exact) mass is 246 g/mol. The van der Waals surface area contributed by atoms with Crippen molar-refractivity contribution in [2.45, 2.75) is 31.8 Å². The third kappa shape index (κ3) is 2.61. The molecule has 2 N–H and O–H groups in total. The Bertz CT molecular complexity index is 468. The number of aryl methyl sites for hydroxylation is 2. The van der Waals surface area contributed by atoms with Crippen molar-refractivity contribution in [1.29, 1.82) is 0 Å². The SMILES string of the molecule is NC(c1ccn(CCc2cccs2)c1)C1CC1. The van der Waals surface area contributed by atoms with Crippen molar-refractivity contribution in [2.24, 2.45) is 11.7 Å². The summed E-state index contributed by atoms with van der Waals surface area (Å²) in [7, 11) is 0. The molecule has 1 saturated carbocycles. The maximum Gasteiger partial charge on any atom is 0.0338 e. The molecule has 0 aromatic carbocycles. The van der Waals surface area contributed by atoms with E-state index in [4.69, 9.17) is 5.73 Å². The van der Waals surface area contributed by atoms with Crippen molar-refractivity contribution in [1.82, 2.24) is 4.57 Å². The molecule has 1 fully saturated rings. The van der Waals surface area contributed by atoms with Gasteiger partial charge in [0, 0.05) is 29.9 Å². The van der Waals surface area contributed by atoms with Crippen LogP contribution in [0.1, 0.15) is 29.3 Å². The molecule has 2 heterocycles. The van der Waals surface area contributed by atoms with E-state index in [1.807, 2.05) is 11.3 Å². The number of thiophene rings is 1. The lowest BCUT2D eigenvalue weighted by Crippen LogP contribution is -2.11. The van der Waals surface area contributed by atoms with Gasteiger partial charge in [-0.1, -0.05) is 6.07 Å². The molecule has 1 aliphatic rings. The molecule has 90 valence electrons. The van der Waals surface area contributed by atoms with E-state index in [1.165, 1.54) is 23.3 Å². The number of hydrogen-bond donors (Lipinski definition) is 1. The smallest absolute Gasteiger partial charge is 0.0338 e. The minimum Gasteiger partial charge on any atom is -0.354 e. The molecule has 0 aliphatic heterocycles. The Hall–Kier alpha value is -1.06. The molecule has 0 saturated heterocycles. The Morgan fingerprint density at radius 1 is 1.41 bits per heavy atom. The highest BCUT2D eigenvalue weighted by molar-refractivity contribution is 7.09. The molecule has 2 nitrogen and oxygen atoms in total. The van der Waals surface area contributed by atoms with E-state index in [9.17, 15) is 0 Å². The van der Waals surface area contributed by atoms with Crippen LogP contribution in [0.25, 0.3) is 0 Å². The van der Waals surface area contributed by atoms with Crippen LogP contribution in [0.3, 0.4) is 0 Å². The van der Waals surface area contributed by atoms with Crippen LogP contribution >= 0.6 is 11.3 Å². The Labute approximate surface area is 106 Å². The molecule has 0 radical (unpaired) electrons. The Morgan fingerprint density at radius 2 is 2.29 bits per heavy atom. The van der Waals surface area contributed by atoms with Crippen LogP contribution in [0.2, 0.25) is 0 Å². The summed E-state index contributed by atoms with van der Waals surface area (Å²) in [4.78, 5) is 1.45. The van der Waals surface area contributed by atoms with Crippen molar-refractivity contribution >= 4 is 11.3 Å². The predicted octanol–water partition coefficient (Wildman–Crippen LogP) is 3.20.